The molecule has 1 aromatic carbocycles. The zero-order valence-electron chi connectivity index (χ0n) is 18.4. The quantitative estimate of drug-likeness (QED) is 0.442. The summed E-state index contributed by atoms with van der Waals surface area (Å²) in [6.07, 6.45) is -0.772. The summed E-state index contributed by atoms with van der Waals surface area (Å²) in [6.45, 7) is 0.0302. The molecule has 3 heterocycles. The summed E-state index contributed by atoms with van der Waals surface area (Å²) in [5, 5.41) is 10.1. The van der Waals surface area contributed by atoms with E-state index in [1.54, 1.807) is 4.90 Å². The Labute approximate surface area is 205 Å². The molecule has 0 radical (unpaired) electrons. The van der Waals surface area contributed by atoms with Gasteiger partial charge in [-0.3, -0.25) is 19.4 Å². The fraction of sp³-hybridized carbons (Fsp3) is 0.333. The highest BCUT2D eigenvalue weighted by atomic mass is 35.5. The number of amides is 2. The molecule has 4 rings (SSSR count). The highest BCUT2D eigenvalue weighted by Gasteiger charge is 2.35. The number of aromatic amines is 2. The minimum absolute atomic E-state index is 0.0660. The molecule has 0 aliphatic carbocycles. The summed E-state index contributed by atoms with van der Waals surface area (Å²) < 4.78 is 41.3. The Kier molecular flexibility index (Phi) is 6.97. The Balaban J connectivity index is 1.42. The molecule has 1 atom stereocenters. The van der Waals surface area contributed by atoms with Crippen molar-refractivity contribution in [3.63, 3.8) is 0 Å². The molecule has 2 amide bonds. The maximum Gasteiger partial charge on any atom is 0.418 e. The molecule has 2 aromatic heterocycles. The van der Waals surface area contributed by atoms with Crippen molar-refractivity contribution in [1.29, 1.82) is 0 Å². The third-order valence-electron chi connectivity index (χ3n) is 5.66. The number of hydrogen-bond donors (Lipinski definition) is 3. The Bertz CT molecular complexity index is 1420. The highest BCUT2D eigenvalue weighted by Crippen LogP contribution is 2.35. The first-order valence-electron chi connectivity index (χ1n) is 10.7. The summed E-state index contributed by atoms with van der Waals surface area (Å²) >= 11 is 5.73. The van der Waals surface area contributed by atoms with E-state index >= 15 is 0 Å². The molecule has 0 bridgehead atoms. The molecule has 36 heavy (non-hydrogen) atoms. The minimum atomic E-state index is -4.65. The van der Waals surface area contributed by atoms with Gasteiger partial charge in [-0.1, -0.05) is 16.8 Å². The van der Waals surface area contributed by atoms with Gasteiger partial charge in [0.25, 0.3) is 11.5 Å². The number of hydrogen-bond acceptors (Lipinski definition) is 6. The Morgan fingerprint density at radius 3 is 2.75 bits per heavy atom. The Morgan fingerprint density at radius 2 is 2.03 bits per heavy atom. The molecule has 1 unspecified atom stereocenters. The predicted octanol–water partition coefficient (Wildman–Crippen LogP) is 1.28. The van der Waals surface area contributed by atoms with Crippen molar-refractivity contribution in [2.45, 2.75) is 31.5 Å². The van der Waals surface area contributed by atoms with E-state index in [-0.39, 0.29) is 35.3 Å². The molecule has 3 aromatic rings. The van der Waals surface area contributed by atoms with Crippen LogP contribution in [-0.2, 0) is 17.4 Å². The molecule has 190 valence electrons. The zero-order chi connectivity index (χ0) is 26.0. The van der Waals surface area contributed by atoms with Crippen LogP contribution in [0.2, 0.25) is 5.02 Å². The van der Waals surface area contributed by atoms with Gasteiger partial charge in [0, 0.05) is 30.2 Å². The summed E-state index contributed by atoms with van der Waals surface area (Å²) in [4.78, 5) is 53.3. The van der Waals surface area contributed by atoms with Gasteiger partial charge in [-0.15, -0.1) is 5.10 Å². The number of H-pyrrole nitrogens is 2. The lowest BCUT2D eigenvalue weighted by Gasteiger charge is -2.24. The average Bonchev–Trinajstić information content (AvgIpc) is 3.47. The maximum atomic E-state index is 13.4. The minimum Gasteiger partial charge on any atom is -0.343 e. The van der Waals surface area contributed by atoms with Crippen LogP contribution >= 0.6 is 11.6 Å². The summed E-state index contributed by atoms with van der Waals surface area (Å²) in [5.74, 6) is -1.24. The third-order valence-corrected chi connectivity index (χ3v) is 5.89. The van der Waals surface area contributed by atoms with Crippen molar-refractivity contribution in [2.75, 3.05) is 13.1 Å². The van der Waals surface area contributed by atoms with Crippen LogP contribution in [0.3, 0.4) is 0 Å². The first-order valence-corrected chi connectivity index (χ1v) is 11.1. The van der Waals surface area contributed by atoms with Crippen molar-refractivity contribution in [3.05, 3.63) is 73.3 Å². The van der Waals surface area contributed by atoms with Crippen LogP contribution in [0.5, 0.6) is 0 Å². The second-order valence-electron chi connectivity index (χ2n) is 8.07. The monoisotopic (exact) mass is 525 g/mol. The zero-order valence-corrected chi connectivity index (χ0v) is 19.2. The molecule has 15 heteroatoms. The first kappa shape index (κ1) is 25.2. The van der Waals surface area contributed by atoms with E-state index < -0.39 is 34.8 Å². The molecule has 0 spiro atoms. The number of alkyl halides is 3. The van der Waals surface area contributed by atoms with E-state index in [9.17, 15) is 32.3 Å². The molecular weight excluding hydrogens is 507 g/mol. The smallest absolute Gasteiger partial charge is 0.343 e. The van der Waals surface area contributed by atoms with Gasteiger partial charge in [0.1, 0.15) is 5.56 Å². The van der Waals surface area contributed by atoms with Crippen LogP contribution in [0.25, 0.3) is 5.69 Å². The Morgan fingerprint density at radius 1 is 1.25 bits per heavy atom. The highest BCUT2D eigenvalue weighted by molar-refractivity contribution is 6.30. The number of carbonyl (C=O) groups excluding carboxylic acids is 2. The number of nitrogens with one attached hydrogen (secondary N) is 3. The van der Waals surface area contributed by atoms with Crippen LogP contribution in [0.4, 0.5) is 13.2 Å². The average molecular weight is 526 g/mol. The summed E-state index contributed by atoms with van der Waals surface area (Å²) in [6, 6.07) is 3.03. The second-order valence-corrected chi connectivity index (χ2v) is 8.51. The van der Waals surface area contributed by atoms with Gasteiger partial charge in [0.15, 0.2) is 0 Å². The lowest BCUT2D eigenvalue weighted by atomic mass is 10.1. The molecular formula is C21H19ClF3N7O4. The van der Waals surface area contributed by atoms with Crippen molar-refractivity contribution < 1.29 is 22.8 Å². The van der Waals surface area contributed by atoms with Gasteiger partial charge in [0.2, 0.25) is 5.91 Å². The van der Waals surface area contributed by atoms with E-state index in [1.165, 1.54) is 18.3 Å². The number of aromatic nitrogens is 5. The topological polar surface area (TPSA) is 146 Å². The molecule has 1 saturated heterocycles. The maximum absolute atomic E-state index is 13.4. The van der Waals surface area contributed by atoms with Gasteiger partial charge in [-0.05, 0) is 31.0 Å². The summed E-state index contributed by atoms with van der Waals surface area (Å²) in [7, 11) is 0. The SMILES string of the molecule is O=C(NCC(=O)N1CCCC1Cc1cn(-c2ccc(Cl)cc2C(F)(F)F)nn1)c1c[nH]c(=O)[nH]c1=O. The van der Waals surface area contributed by atoms with Gasteiger partial charge in [-0.2, -0.15) is 13.2 Å². The number of halogens is 4. The van der Waals surface area contributed by atoms with Gasteiger partial charge >= 0.3 is 11.9 Å². The van der Waals surface area contributed by atoms with E-state index in [0.717, 1.165) is 16.9 Å². The number of nitrogens with zero attached hydrogens (tertiary/aromatic N) is 4. The third kappa shape index (κ3) is 5.48. The van der Waals surface area contributed by atoms with E-state index in [4.69, 9.17) is 11.6 Å². The van der Waals surface area contributed by atoms with Crippen LogP contribution in [0.15, 0.2) is 40.2 Å². The fourth-order valence-corrected chi connectivity index (χ4v) is 4.17. The van der Waals surface area contributed by atoms with Crippen LogP contribution in [0.1, 0.15) is 34.5 Å². The van der Waals surface area contributed by atoms with E-state index in [0.29, 0.717) is 25.1 Å². The number of carbonyl (C=O) groups is 2. The molecule has 11 nitrogen and oxygen atoms in total. The molecule has 3 N–H and O–H groups in total. The van der Waals surface area contributed by atoms with Crippen molar-refractivity contribution in [3.8, 4) is 5.69 Å². The largest absolute Gasteiger partial charge is 0.418 e. The van der Waals surface area contributed by atoms with Crippen LogP contribution < -0.4 is 16.6 Å². The molecule has 1 aliphatic heterocycles. The normalized spacial score (nSPS) is 15.8. The van der Waals surface area contributed by atoms with Crippen LogP contribution in [-0.4, -0.2) is 60.8 Å². The lowest BCUT2D eigenvalue weighted by Crippen LogP contribution is -2.44. The molecule has 1 fully saturated rings. The molecule has 1 aliphatic rings. The predicted molar refractivity (Wildman–Crippen MR) is 120 cm³/mol. The molecule has 0 saturated carbocycles. The van der Waals surface area contributed by atoms with E-state index in [2.05, 4.69) is 20.6 Å². The number of benzene rings is 1. The summed E-state index contributed by atoms with van der Waals surface area (Å²) in [5.41, 5.74) is -2.81. The van der Waals surface area contributed by atoms with Crippen molar-refractivity contribution in [1.82, 2.24) is 35.2 Å². The standard InChI is InChI=1S/C21H19ClF3N7O4/c22-11-3-4-16(15(6-11)21(23,24)25)32-10-12(29-30-32)7-13-2-1-5-31(13)17(33)9-26-18(34)14-8-27-20(36)28-19(14)35/h3-4,6,8,10,13H,1-2,5,7,9H2,(H,26,34)(H2,27,28,35,36). The van der Waals surface area contributed by atoms with Gasteiger partial charge < -0.3 is 15.2 Å². The lowest BCUT2D eigenvalue weighted by molar-refractivity contribution is -0.137. The number of likely N-dealkylation sites (tertiary alicyclic amines) is 1. The number of rotatable bonds is 6. The fourth-order valence-electron chi connectivity index (χ4n) is 3.99. The van der Waals surface area contributed by atoms with E-state index in [1.807, 2.05) is 4.98 Å². The van der Waals surface area contributed by atoms with Gasteiger partial charge in [0.05, 0.1) is 29.7 Å². The van der Waals surface area contributed by atoms with Gasteiger partial charge in [-0.25, -0.2) is 9.48 Å². The van der Waals surface area contributed by atoms with Crippen molar-refractivity contribution in [2.24, 2.45) is 0 Å². The Hall–Kier alpha value is -3.94. The van der Waals surface area contributed by atoms with Crippen LogP contribution in [0, 0.1) is 0 Å². The first-order chi connectivity index (χ1) is 17.0. The van der Waals surface area contributed by atoms with Crippen molar-refractivity contribution >= 4 is 23.4 Å². The second kappa shape index (κ2) is 9.97.